The normalized spacial score (nSPS) is 19.2. The van der Waals surface area contributed by atoms with Crippen molar-refractivity contribution in [2.24, 2.45) is 0 Å². The lowest BCUT2D eigenvalue weighted by atomic mass is 10.2. The van der Waals surface area contributed by atoms with Gasteiger partial charge in [-0.3, -0.25) is 9.69 Å². The van der Waals surface area contributed by atoms with Gasteiger partial charge in [0.25, 0.3) is 0 Å². The highest BCUT2D eigenvalue weighted by atomic mass is 16.4. The van der Waals surface area contributed by atoms with Crippen molar-refractivity contribution in [3.05, 3.63) is 0 Å². The fourth-order valence-electron chi connectivity index (χ4n) is 2.14. The SMILES string of the molecule is CC(CC(=O)O)NC(=O)NCC(C)N1CCCC1. The quantitative estimate of drug-likeness (QED) is 0.652. The first-order valence-corrected chi connectivity index (χ1v) is 6.49. The van der Waals surface area contributed by atoms with E-state index in [1.807, 2.05) is 0 Å². The summed E-state index contributed by atoms with van der Waals surface area (Å²) in [5, 5.41) is 14.0. The van der Waals surface area contributed by atoms with Gasteiger partial charge in [-0.15, -0.1) is 0 Å². The van der Waals surface area contributed by atoms with Crippen LogP contribution in [0.15, 0.2) is 0 Å². The number of urea groups is 1. The van der Waals surface area contributed by atoms with E-state index in [-0.39, 0.29) is 18.5 Å². The summed E-state index contributed by atoms with van der Waals surface area (Å²) in [6, 6.07) is -0.326. The lowest BCUT2D eigenvalue weighted by molar-refractivity contribution is -0.137. The Hall–Kier alpha value is -1.30. The molecule has 0 aromatic heterocycles. The minimum atomic E-state index is -0.909. The van der Waals surface area contributed by atoms with Gasteiger partial charge in [-0.1, -0.05) is 0 Å². The van der Waals surface area contributed by atoms with Crippen LogP contribution in [0.25, 0.3) is 0 Å². The molecule has 1 rings (SSSR count). The summed E-state index contributed by atoms with van der Waals surface area (Å²) in [6.07, 6.45) is 2.40. The van der Waals surface area contributed by atoms with Gasteiger partial charge >= 0.3 is 12.0 Å². The van der Waals surface area contributed by atoms with E-state index < -0.39 is 5.97 Å². The molecule has 6 heteroatoms. The predicted molar refractivity (Wildman–Crippen MR) is 68.5 cm³/mol. The summed E-state index contributed by atoms with van der Waals surface area (Å²) >= 11 is 0. The third-order valence-corrected chi connectivity index (χ3v) is 3.18. The summed E-state index contributed by atoms with van der Waals surface area (Å²) in [5.41, 5.74) is 0. The van der Waals surface area contributed by atoms with Crippen LogP contribution in [0.5, 0.6) is 0 Å². The summed E-state index contributed by atoms with van der Waals surface area (Å²) in [5.74, 6) is -0.909. The van der Waals surface area contributed by atoms with Gasteiger partial charge in [-0.2, -0.15) is 0 Å². The van der Waals surface area contributed by atoms with Crippen LogP contribution in [-0.2, 0) is 4.79 Å². The second-order valence-electron chi connectivity index (χ2n) is 4.95. The first-order valence-electron chi connectivity index (χ1n) is 6.49. The molecule has 18 heavy (non-hydrogen) atoms. The number of carboxylic acid groups (broad SMARTS) is 1. The number of rotatable bonds is 6. The molecule has 1 saturated heterocycles. The lowest BCUT2D eigenvalue weighted by Crippen LogP contribution is -2.46. The summed E-state index contributed by atoms with van der Waals surface area (Å²) in [4.78, 5) is 24.3. The zero-order valence-electron chi connectivity index (χ0n) is 11.1. The molecule has 2 unspecified atom stereocenters. The van der Waals surface area contributed by atoms with Gasteiger partial charge in [-0.25, -0.2) is 4.79 Å². The number of carbonyl (C=O) groups excluding carboxylic acids is 1. The van der Waals surface area contributed by atoms with Crippen molar-refractivity contribution >= 4 is 12.0 Å². The summed E-state index contributed by atoms with van der Waals surface area (Å²) in [6.45, 7) is 6.55. The highest BCUT2D eigenvalue weighted by Gasteiger charge is 2.18. The molecule has 2 atom stereocenters. The number of amides is 2. The van der Waals surface area contributed by atoms with Crippen LogP contribution in [0.3, 0.4) is 0 Å². The Morgan fingerprint density at radius 1 is 1.28 bits per heavy atom. The maximum Gasteiger partial charge on any atom is 0.315 e. The van der Waals surface area contributed by atoms with Gasteiger partial charge in [-0.05, 0) is 39.8 Å². The van der Waals surface area contributed by atoms with Crippen LogP contribution in [-0.4, -0.2) is 53.7 Å². The molecule has 104 valence electrons. The third kappa shape index (κ3) is 5.35. The van der Waals surface area contributed by atoms with E-state index in [9.17, 15) is 9.59 Å². The van der Waals surface area contributed by atoms with Crippen molar-refractivity contribution in [1.82, 2.24) is 15.5 Å². The largest absolute Gasteiger partial charge is 0.481 e. The van der Waals surface area contributed by atoms with Crippen LogP contribution >= 0.6 is 0 Å². The van der Waals surface area contributed by atoms with Crippen LogP contribution in [0.2, 0.25) is 0 Å². The van der Waals surface area contributed by atoms with Crippen molar-refractivity contribution in [2.75, 3.05) is 19.6 Å². The van der Waals surface area contributed by atoms with Gasteiger partial charge in [0.05, 0.1) is 6.42 Å². The number of nitrogens with zero attached hydrogens (tertiary/aromatic N) is 1. The Morgan fingerprint density at radius 3 is 2.44 bits per heavy atom. The molecule has 1 fully saturated rings. The number of nitrogens with one attached hydrogen (secondary N) is 2. The van der Waals surface area contributed by atoms with Crippen molar-refractivity contribution in [2.45, 2.75) is 45.2 Å². The van der Waals surface area contributed by atoms with Crippen molar-refractivity contribution in [3.63, 3.8) is 0 Å². The average molecular weight is 257 g/mol. The van der Waals surface area contributed by atoms with Gasteiger partial charge in [0.1, 0.15) is 0 Å². The number of likely N-dealkylation sites (tertiary alicyclic amines) is 1. The molecule has 0 aromatic carbocycles. The topological polar surface area (TPSA) is 81.7 Å². The number of aliphatic carboxylic acids is 1. The van der Waals surface area contributed by atoms with Crippen LogP contribution in [0.4, 0.5) is 4.79 Å². The van der Waals surface area contributed by atoms with Crippen molar-refractivity contribution in [3.8, 4) is 0 Å². The molecule has 3 N–H and O–H groups in total. The van der Waals surface area contributed by atoms with Crippen molar-refractivity contribution < 1.29 is 14.7 Å². The molecule has 2 amide bonds. The fraction of sp³-hybridized carbons (Fsp3) is 0.833. The van der Waals surface area contributed by atoms with Crippen molar-refractivity contribution in [1.29, 1.82) is 0 Å². The Bertz CT molecular complexity index is 290. The van der Waals surface area contributed by atoms with E-state index in [1.165, 1.54) is 12.8 Å². The number of hydrogen-bond donors (Lipinski definition) is 3. The molecule has 0 saturated carbocycles. The molecule has 0 bridgehead atoms. The van der Waals surface area contributed by atoms with Gasteiger partial charge in [0.15, 0.2) is 0 Å². The van der Waals surface area contributed by atoms with Crippen LogP contribution in [0, 0.1) is 0 Å². The minimum Gasteiger partial charge on any atom is -0.481 e. The van der Waals surface area contributed by atoms with E-state index in [1.54, 1.807) is 6.92 Å². The Labute approximate surface area is 108 Å². The molecule has 1 aliphatic rings. The van der Waals surface area contributed by atoms with E-state index in [0.717, 1.165) is 13.1 Å². The summed E-state index contributed by atoms with van der Waals surface area (Å²) in [7, 11) is 0. The second-order valence-corrected chi connectivity index (χ2v) is 4.95. The lowest BCUT2D eigenvalue weighted by Gasteiger charge is -2.24. The Kier molecular flexibility index (Phi) is 5.91. The summed E-state index contributed by atoms with van der Waals surface area (Å²) < 4.78 is 0. The minimum absolute atomic E-state index is 0.0604. The zero-order chi connectivity index (χ0) is 13.5. The Morgan fingerprint density at radius 2 is 1.89 bits per heavy atom. The standard InChI is InChI=1S/C12H23N3O3/c1-9(7-11(16)17)14-12(18)13-8-10(2)15-5-3-4-6-15/h9-10H,3-8H2,1-2H3,(H,16,17)(H2,13,14,18). The predicted octanol–water partition coefficient (Wildman–Crippen LogP) is 0.633. The van der Waals surface area contributed by atoms with E-state index >= 15 is 0 Å². The zero-order valence-corrected chi connectivity index (χ0v) is 11.1. The first-order chi connectivity index (χ1) is 8.49. The fourth-order valence-corrected chi connectivity index (χ4v) is 2.14. The monoisotopic (exact) mass is 257 g/mol. The molecular weight excluding hydrogens is 234 g/mol. The highest BCUT2D eigenvalue weighted by molar-refractivity contribution is 5.75. The van der Waals surface area contributed by atoms with E-state index in [2.05, 4.69) is 22.5 Å². The molecular formula is C12H23N3O3. The molecule has 0 aromatic rings. The maximum atomic E-state index is 11.5. The number of hydrogen-bond acceptors (Lipinski definition) is 3. The molecule has 0 aliphatic carbocycles. The second kappa shape index (κ2) is 7.20. The number of carbonyl (C=O) groups is 2. The maximum absolute atomic E-state index is 11.5. The number of carboxylic acids is 1. The van der Waals surface area contributed by atoms with E-state index in [0.29, 0.717) is 12.6 Å². The third-order valence-electron chi connectivity index (χ3n) is 3.18. The molecule has 0 radical (unpaired) electrons. The molecule has 0 spiro atoms. The molecule has 1 aliphatic heterocycles. The molecule has 6 nitrogen and oxygen atoms in total. The van der Waals surface area contributed by atoms with Gasteiger partial charge in [0.2, 0.25) is 0 Å². The molecule has 1 heterocycles. The van der Waals surface area contributed by atoms with Gasteiger partial charge in [0, 0.05) is 18.6 Å². The Balaban J connectivity index is 2.17. The van der Waals surface area contributed by atoms with Gasteiger partial charge < -0.3 is 15.7 Å². The average Bonchev–Trinajstić information content (AvgIpc) is 2.77. The smallest absolute Gasteiger partial charge is 0.315 e. The highest BCUT2D eigenvalue weighted by Crippen LogP contribution is 2.10. The van der Waals surface area contributed by atoms with Crippen LogP contribution in [0.1, 0.15) is 33.1 Å². The first kappa shape index (κ1) is 14.8. The van der Waals surface area contributed by atoms with Crippen LogP contribution < -0.4 is 10.6 Å². The van der Waals surface area contributed by atoms with E-state index in [4.69, 9.17) is 5.11 Å².